The maximum Gasteiger partial charge on any atom is 0.123 e. The molecule has 0 aliphatic carbocycles. The Bertz CT molecular complexity index is 254. The molecule has 0 saturated carbocycles. The van der Waals surface area contributed by atoms with Gasteiger partial charge in [0.2, 0.25) is 0 Å². The number of nitrogens with one attached hydrogen (secondary N) is 1. The van der Waals surface area contributed by atoms with Crippen LogP contribution in [-0.2, 0) is 4.74 Å². The molecule has 0 amide bonds. The summed E-state index contributed by atoms with van der Waals surface area (Å²) in [6.07, 6.45) is 0.00519. The van der Waals surface area contributed by atoms with Crippen molar-refractivity contribution in [1.29, 1.82) is 0 Å². The zero-order valence-electron chi connectivity index (χ0n) is 8.59. The standard InChI is InChI=1S/C11H16FNO/c1-3-14-11(8-13-2)9-4-6-10(12)7-5-9/h4-7,11,13H,3,8H2,1-2H3. The summed E-state index contributed by atoms with van der Waals surface area (Å²) in [4.78, 5) is 0. The second-order valence-electron chi connectivity index (χ2n) is 3.05. The van der Waals surface area contributed by atoms with Crippen molar-refractivity contribution >= 4 is 0 Å². The van der Waals surface area contributed by atoms with Crippen molar-refractivity contribution in [3.05, 3.63) is 35.6 Å². The molecule has 1 aromatic rings. The molecule has 1 N–H and O–H groups in total. The van der Waals surface area contributed by atoms with Crippen LogP contribution in [0.2, 0.25) is 0 Å². The molecule has 0 heterocycles. The first kappa shape index (κ1) is 11.1. The van der Waals surface area contributed by atoms with E-state index in [0.717, 1.165) is 12.1 Å². The van der Waals surface area contributed by atoms with Gasteiger partial charge in [-0.05, 0) is 31.7 Å². The predicted molar refractivity (Wildman–Crippen MR) is 54.7 cm³/mol. The SMILES string of the molecule is CCOC(CNC)c1ccc(F)cc1. The van der Waals surface area contributed by atoms with Gasteiger partial charge in [0.1, 0.15) is 5.82 Å². The van der Waals surface area contributed by atoms with Crippen molar-refractivity contribution in [2.24, 2.45) is 0 Å². The number of hydrogen-bond donors (Lipinski definition) is 1. The Morgan fingerprint density at radius 2 is 2.00 bits per heavy atom. The minimum atomic E-state index is -0.214. The van der Waals surface area contributed by atoms with Crippen LogP contribution in [-0.4, -0.2) is 20.2 Å². The zero-order valence-corrected chi connectivity index (χ0v) is 8.59. The molecule has 0 aliphatic rings. The van der Waals surface area contributed by atoms with Crippen LogP contribution in [0.15, 0.2) is 24.3 Å². The fourth-order valence-corrected chi connectivity index (χ4v) is 1.34. The minimum absolute atomic E-state index is 0.00519. The molecule has 1 unspecified atom stereocenters. The van der Waals surface area contributed by atoms with Crippen LogP contribution in [0.4, 0.5) is 4.39 Å². The first-order valence-electron chi connectivity index (χ1n) is 4.79. The molecule has 0 spiro atoms. The van der Waals surface area contributed by atoms with Crippen molar-refractivity contribution in [3.63, 3.8) is 0 Å². The molecule has 1 rings (SSSR count). The average molecular weight is 197 g/mol. The van der Waals surface area contributed by atoms with E-state index >= 15 is 0 Å². The summed E-state index contributed by atoms with van der Waals surface area (Å²) in [5, 5.41) is 3.05. The van der Waals surface area contributed by atoms with Gasteiger partial charge >= 0.3 is 0 Å². The fourth-order valence-electron chi connectivity index (χ4n) is 1.34. The summed E-state index contributed by atoms with van der Waals surface area (Å²) in [6.45, 7) is 3.34. The normalized spacial score (nSPS) is 12.8. The molecule has 14 heavy (non-hydrogen) atoms. The van der Waals surface area contributed by atoms with Gasteiger partial charge < -0.3 is 10.1 Å². The lowest BCUT2D eigenvalue weighted by Crippen LogP contribution is -2.19. The highest BCUT2D eigenvalue weighted by Crippen LogP contribution is 2.16. The third-order valence-corrected chi connectivity index (χ3v) is 2.00. The number of halogens is 1. The maximum absolute atomic E-state index is 12.7. The van der Waals surface area contributed by atoms with Gasteiger partial charge in [-0.15, -0.1) is 0 Å². The Labute approximate surface area is 84.1 Å². The van der Waals surface area contributed by atoms with Crippen molar-refractivity contribution in [2.75, 3.05) is 20.2 Å². The third kappa shape index (κ3) is 3.09. The molecule has 0 aromatic heterocycles. The van der Waals surface area contributed by atoms with Crippen LogP contribution >= 0.6 is 0 Å². The van der Waals surface area contributed by atoms with Crippen molar-refractivity contribution in [3.8, 4) is 0 Å². The smallest absolute Gasteiger partial charge is 0.123 e. The predicted octanol–water partition coefficient (Wildman–Crippen LogP) is 2.12. The monoisotopic (exact) mass is 197 g/mol. The van der Waals surface area contributed by atoms with E-state index in [4.69, 9.17) is 4.74 Å². The van der Waals surface area contributed by atoms with Gasteiger partial charge in [0, 0.05) is 13.2 Å². The van der Waals surface area contributed by atoms with Crippen molar-refractivity contribution in [1.82, 2.24) is 5.32 Å². The number of likely N-dealkylation sites (N-methyl/N-ethyl adjacent to an activating group) is 1. The van der Waals surface area contributed by atoms with Crippen molar-refractivity contribution in [2.45, 2.75) is 13.0 Å². The Morgan fingerprint density at radius 3 is 2.50 bits per heavy atom. The van der Waals surface area contributed by atoms with Gasteiger partial charge in [-0.25, -0.2) is 4.39 Å². The van der Waals surface area contributed by atoms with E-state index in [9.17, 15) is 4.39 Å². The van der Waals surface area contributed by atoms with E-state index in [1.54, 1.807) is 12.1 Å². The Hall–Kier alpha value is -0.930. The van der Waals surface area contributed by atoms with Crippen LogP contribution in [0.5, 0.6) is 0 Å². The van der Waals surface area contributed by atoms with Crippen LogP contribution in [0.1, 0.15) is 18.6 Å². The highest BCUT2D eigenvalue weighted by Gasteiger charge is 2.09. The van der Waals surface area contributed by atoms with Gasteiger partial charge in [-0.3, -0.25) is 0 Å². The molecule has 0 radical (unpaired) electrons. The largest absolute Gasteiger partial charge is 0.372 e. The molecule has 1 aromatic carbocycles. The summed E-state index contributed by atoms with van der Waals surface area (Å²) in [5.41, 5.74) is 1.00. The summed E-state index contributed by atoms with van der Waals surface area (Å²) in [7, 11) is 1.87. The molecule has 0 aliphatic heterocycles. The zero-order chi connectivity index (χ0) is 10.4. The van der Waals surface area contributed by atoms with E-state index in [-0.39, 0.29) is 11.9 Å². The molecule has 78 valence electrons. The van der Waals surface area contributed by atoms with Gasteiger partial charge in [-0.2, -0.15) is 0 Å². The van der Waals surface area contributed by atoms with E-state index in [2.05, 4.69) is 5.32 Å². The van der Waals surface area contributed by atoms with Gasteiger partial charge in [0.15, 0.2) is 0 Å². The first-order chi connectivity index (χ1) is 6.77. The van der Waals surface area contributed by atoms with E-state index in [0.29, 0.717) is 6.61 Å². The quantitative estimate of drug-likeness (QED) is 0.780. The van der Waals surface area contributed by atoms with E-state index < -0.39 is 0 Å². The highest BCUT2D eigenvalue weighted by molar-refractivity contribution is 5.19. The minimum Gasteiger partial charge on any atom is -0.372 e. The lowest BCUT2D eigenvalue weighted by molar-refractivity contribution is 0.0637. The maximum atomic E-state index is 12.7. The van der Waals surface area contributed by atoms with Crippen molar-refractivity contribution < 1.29 is 9.13 Å². The topological polar surface area (TPSA) is 21.3 Å². The number of benzene rings is 1. The van der Waals surface area contributed by atoms with Gasteiger partial charge in [0.25, 0.3) is 0 Å². The molecular weight excluding hydrogens is 181 g/mol. The Morgan fingerprint density at radius 1 is 1.36 bits per heavy atom. The van der Waals surface area contributed by atoms with E-state index in [1.807, 2.05) is 14.0 Å². The molecule has 0 fully saturated rings. The molecule has 2 nitrogen and oxygen atoms in total. The van der Waals surface area contributed by atoms with Crippen LogP contribution in [0.3, 0.4) is 0 Å². The molecule has 0 bridgehead atoms. The molecule has 1 atom stereocenters. The average Bonchev–Trinajstić information content (AvgIpc) is 2.19. The first-order valence-corrected chi connectivity index (χ1v) is 4.79. The number of hydrogen-bond acceptors (Lipinski definition) is 2. The Balaban J connectivity index is 2.71. The lowest BCUT2D eigenvalue weighted by atomic mass is 10.1. The second kappa shape index (κ2) is 5.73. The van der Waals surface area contributed by atoms with Crippen LogP contribution in [0, 0.1) is 5.82 Å². The Kier molecular flexibility index (Phi) is 4.56. The van der Waals surface area contributed by atoms with Crippen LogP contribution < -0.4 is 5.32 Å². The fraction of sp³-hybridized carbons (Fsp3) is 0.455. The molecular formula is C11H16FNO. The number of rotatable bonds is 5. The van der Waals surface area contributed by atoms with Gasteiger partial charge in [-0.1, -0.05) is 12.1 Å². The lowest BCUT2D eigenvalue weighted by Gasteiger charge is -2.16. The summed E-state index contributed by atoms with van der Waals surface area (Å²) in [6, 6.07) is 6.42. The number of ether oxygens (including phenoxy) is 1. The van der Waals surface area contributed by atoms with Crippen LogP contribution in [0.25, 0.3) is 0 Å². The summed E-state index contributed by atoms with van der Waals surface area (Å²) in [5.74, 6) is -0.214. The summed E-state index contributed by atoms with van der Waals surface area (Å²) < 4.78 is 18.2. The molecule has 3 heteroatoms. The summed E-state index contributed by atoms with van der Waals surface area (Å²) >= 11 is 0. The van der Waals surface area contributed by atoms with Gasteiger partial charge in [0.05, 0.1) is 6.10 Å². The highest BCUT2D eigenvalue weighted by atomic mass is 19.1. The third-order valence-electron chi connectivity index (χ3n) is 2.00. The molecule has 0 saturated heterocycles. The van der Waals surface area contributed by atoms with E-state index in [1.165, 1.54) is 12.1 Å². The second-order valence-corrected chi connectivity index (χ2v) is 3.05.